The summed E-state index contributed by atoms with van der Waals surface area (Å²) in [6.45, 7) is 0. The first-order valence-electron chi connectivity index (χ1n) is 4.55. The number of halogens is 3. The SMILES string of the molecule is ClCCc1nnc(-c2c(Cl)cccc2Cl)o1. The van der Waals surface area contributed by atoms with E-state index in [1.807, 2.05) is 0 Å². The van der Waals surface area contributed by atoms with Crippen LogP contribution in [-0.2, 0) is 6.42 Å². The fourth-order valence-corrected chi connectivity index (χ4v) is 1.96. The van der Waals surface area contributed by atoms with Crippen molar-refractivity contribution in [3.05, 3.63) is 34.1 Å². The monoisotopic (exact) mass is 276 g/mol. The highest BCUT2D eigenvalue weighted by atomic mass is 35.5. The Morgan fingerprint density at radius 1 is 1.12 bits per heavy atom. The Morgan fingerprint density at radius 3 is 2.44 bits per heavy atom. The highest BCUT2D eigenvalue weighted by Crippen LogP contribution is 2.33. The van der Waals surface area contributed by atoms with Crippen LogP contribution in [0.3, 0.4) is 0 Å². The number of aryl methyl sites for hydroxylation is 1. The fraction of sp³-hybridized carbons (Fsp3) is 0.200. The van der Waals surface area contributed by atoms with Crippen LogP contribution in [0, 0.1) is 0 Å². The van der Waals surface area contributed by atoms with Crippen LogP contribution in [0.4, 0.5) is 0 Å². The lowest BCUT2D eigenvalue weighted by Gasteiger charge is -2.00. The first-order valence-corrected chi connectivity index (χ1v) is 5.84. The predicted octanol–water partition coefficient (Wildman–Crippen LogP) is 3.82. The number of nitrogens with zero attached hydrogens (tertiary/aromatic N) is 2. The number of hydrogen-bond acceptors (Lipinski definition) is 3. The van der Waals surface area contributed by atoms with E-state index >= 15 is 0 Å². The number of hydrogen-bond donors (Lipinski definition) is 0. The molecule has 0 aliphatic heterocycles. The van der Waals surface area contributed by atoms with E-state index in [-0.39, 0.29) is 0 Å². The van der Waals surface area contributed by atoms with Crippen LogP contribution in [0.5, 0.6) is 0 Å². The molecular weight excluding hydrogens is 270 g/mol. The van der Waals surface area contributed by atoms with E-state index in [0.29, 0.717) is 39.7 Å². The molecule has 84 valence electrons. The van der Waals surface area contributed by atoms with E-state index in [1.165, 1.54) is 0 Å². The molecule has 3 nitrogen and oxygen atoms in total. The molecular formula is C10H7Cl3N2O. The zero-order valence-corrected chi connectivity index (χ0v) is 10.4. The first kappa shape index (κ1) is 11.7. The third-order valence-corrected chi connectivity index (χ3v) is 2.77. The van der Waals surface area contributed by atoms with Gasteiger partial charge in [0.2, 0.25) is 5.89 Å². The molecule has 0 aliphatic carbocycles. The number of alkyl halides is 1. The van der Waals surface area contributed by atoms with Gasteiger partial charge in [-0.1, -0.05) is 29.3 Å². The lowest BCUT2D eigenvalue weighted by molar-refractivity contribution is 0.514. The second-order valence-electron chi connectivity index (χ2n) is 3.04. The van der Waals surface area contributed by atoms with Gasteiger partial charge >= 0.3 is 0 Å². The molecule has 0 amide bonds. The molecule has 2 rings (SSSR count). The summed E-state index contributed by atoms with van der Waals surface area (Å²) in [5.41, 5.74) is 0.555. The van der Waals surface area contributed by atoms with E-state index in [9.17, 15) is 0 Å². The molecule has 6 heteroatoms. The molecule has 0 radical (unpaired) electrons. The van der Waals surface area contributed by atoms with Crippen LogP contribution in [0.1, 0.15) is 5.89 Å². The number of rotatable bonds is 3. The largest absolute Gasteiger partial charge is 0.421 e. The fourth-order valence-electron chi connectivity index (χ4n) is 1.24. The van der Waals surface area contributed by atoms with Gasteiger partial charge < -0.3 is 4.42 Å². The van der Waals surface area contributed by atoms with Crippen molar-refractivity contribution in [3.8, 4) is 11.5 Å². The van der Waals surface area contributed by atoms with Crippen LogP contribution in [0.25, 0.3) is 11.5 Å². The Labute approximate surface area is 107 Å². The van der Waals surface area contributed by atoms with Gasteiger partial charge in [0.15, 0.2) is 0 Å². The van der Waals surface area contributed by atoms with Crippen molar-refractivity contribution in [3.63, 3.8) is 0 Å². The summed E-state index contributed by atoms with van der Waals surface area (Å²) >= 11 is 17.6. The Bertz CT molecular complexity index is 478. The Morgan fingerprint density at radius 2 is 1.81 bits per heavy atom. The van der Waals surface area contributed by atoms with Crippen molar-refractivity contribution in [2.75, 3.05) is 5.88 Å². The van der Waals surface area contributed by atoms with E-state index < -0.39 is 0 Å². The zero-order valence-electron chi connectivity index (χ0n) is 8.08. The normalized spacial score (nSPS) is 10.7. The second-order valence-corrected chi connectivity index (χ2v) is 4.23. The molecule has 0 fully saturated rings. The lowest BCUT2D eigenvalue weighted by atomic mass is 10.2. The molecule has 1 heterocycles. The molecule has 0 unspecified atom stereocenters. The van der Waals surface area contributed by atoms with E-state index in [2.05, 4.69) is 10.2 Å². The summed E-state index contributed by atoms with van der Waals surface area (Å²) in [6, 6.07) is 5.19. The first-order chi connectivity index (χ1) is 7.72. The maximum atomic E-state index is 6.01. The predicted molar refractivity (Wildman–Crippen MR) is 64.2 cm³/mol. The lowest BCUT2D eigenvalue weighted by Crippen LogP contribution is -1.84. The summed E-state index contributed by atoms with van der Waals surface area (Å²) in [4.78, 5) is 0. The molecule has 0 atom stereocenters. The highest BCUT2D eigenvalue weighted by Gasteiger charge is 2.14. The van der Waals surface area contributed by atoms with Gasteiger partial charge in [-0.3, -0.25) is 0 Å². The van der Waals surface area contributed by atoms with Crippen LogP contribution < -0.4 is 0 Å². The minimum absolute atomic E-state index is 0.315. The molecule has 0 bridgehead atoms. The van der Waals surface area contributed by atoms with Crippen molar-refractivity contribution >= 4 is 34.8 Å². The molecule has 2 aromatic rings. The van der Waals surface area contributed by atoms with Crippen LogP contribution in [-0.4, -0.2) is 16.1 Å². The molecule has 0 saturated carbocycles. The number of aromatic nitrogens is 2. The van der Waals surface area contributed by atoms with Gasteiger partial charge in [-0.25, -0.2) is 0 Å². The molecule has 0 spiro atoms. The van der Waals surface area contributed by atoms with Gasteiger partial charge in [0.05, 0.1) is 15.6 Å². The zero-order chi connectivity index (χ0) is 11.5. The Hall–Kier alpha value is -0.770. The van der Waals surface area contributed by atoms with Gasteiger partial charge in [-0.05, 0) is 12.1 Å². The number of benzene rings is 1. The standard InChI is InChI=1S/C10H7Cl3N2O/c11-5-4-8-14-15-10(16-8)9-6(12)2-1-3-7(9)13/h1-3H,4-5H2. The van der Waals surface area contributed by atoms with Gasteiger partial charge in [0, 0.05) is 12.3 Å². The average Bonchev–Trinajstić information content (AvgIpc) is 2.67. The maximum absolute atomic E-state index is 6.01. The van der Waals surface area contributed by atoms with Crippen molar-refractivity contribution in [2.24, 2.45) is 0 Å². The molecule has 0 saturated heterocycles. The third kappa shape index (κ3) is 2.32. The van der Waals surface area contributed by atoms with Crippen LogP contribution >= 0.6 is 34.8 Å². The van der Waals surface area contributed by atoms with E-state index in [0.717, 1.165) is 0 Å². The quantitative estimate of drug-likeness (QED) is 0.801. The van der Waals surface area contributed by atoms with Gasteiger partial charge in [0.1, 0.15) is 0 Å². The van der Waals surface area contributed by atoms with Gasteiger partial charge in [-0.2, -0.15) is 0 Å². The minimum Gasteiger partial charge on any atom is -0.421 e. The van der Waals surface area contributed by atoms with E-state index in [4.69, 9.17) is 39.2 Å². The summed E-state index contributed by atoms with van der Waals surface area (Å²) in [6.07, 6.45) is 0.524. The summed E-state index contributed by atoms with van der Waals surface area (Å²) in [7, 11) is 0. The smallest absolute Gasteiger partial charge is 0.250 e. The summed E-state index contributed by atoms with van der Waals surface area (Å²) < 4.78 is 5.40. The van der Waals surface area contributed by atoms with Crippen molar-refractivity contribution in [1.29, 1.82) is 0 Å². The summed E-state index contributed by atoms with van der Waals surface area (Å²) in [5, 5.41) is 8.69. The topological polar surface area (TPSA) is 38.9 Å². The molecule has 0 aliphatic rings. The van der Waals surface area contributed by atoms with Crippen molar-refractivity contribution in [2.45, 2.75) is 6.42 Å². The third-order valence-electron chi connectivity index (χ3n) is 1.95. The second kappa shape index (κ2) is 5.04. The van der Waals surface area contributed by atoms with Gasteiger partial charge in [-0.15, -0.1) is 21.8 Å². The average molecular weight is 278 g/mol. The molecule has 1 aromatic carbocycles. The molecule has 1 aromatic heterocycles. The molecule has 0 N–H and O–H groups in total. The van der Waals surface area contributed by atoms with Crippen LogP contribution in [0.15, 0.2) is 22.6 Å². The molecule has 16 heavy (non-hydrogen) atoms. The Kier molecular flexibility index (Phi) is 3.69. The van der Waals surface area contributed by atoms with E-state index in [1.54, 1.807) is 18.2 Å². The van der Waals surface area contributed by atoms with Crippen molar-refractivity contribution in [1.82, 2.24) is 10.2 Å². The minimum atomic E-state index is 0.315. The summed E-state index contributed by atoms with van der Waals surface area (Å²) in [5.74, 6) is 1.22. The van der Waals surface area contributed by atoms with Gasteiger partial charge in [0.25, 0.3) is 5.89 Å². The van der Waals surface area contributed by atoms with Crippen LogP contribution in [0.2, 0.25) is 10.0 Å². The Balaban J connectivity index is 2.42. The van der Waals surface area contributed by atoms with Crippen molar-refractivity contribution < 1.29 is 4.42 Å². The maximum Gasteiger partial charge on any atom is 0.250 e. The highest BCUT2D eigenvalue weighted by molar-refractivity contribution is 6.38.